The topological polar surface area (TPSA) is 104 Å². The van der Waals surface area contributed by atoms with Crippen molar-refractivity contribution in [3.8, 4) is 0 Å². The molecule has 0 saturated carbocycles. The van der Waals surface area contributed by atoms with Gasteiger partial charge in [-0.3, -0.25) is 14.5 Å². The number of aromatic nitrogens is 2. The lowest BCUT2D eigenvalue weighted by Gasteiger charge is -2.25. The van der Waals surface area contributed by atoms with Gasteiger partial charge in [-0.05, 0) is 31.4 Å². The molecular formula is C21H28N4O4S2. The van der Waals surface area contributed by atoms with E-state index in [0.717, 1.165) is 48.3 Å². The standard InChI is InChI=1S/C21H28N4O4S2/c1-5-25-8-7-13-15(10-25)31-19(18(13)20(28)29-6-2)23-17(27)11-30-21-22-14(12(3)4)9-16(26)24-21/h9,12H,5-8,10-11H2,1-4H3,(H,23,27)(H,22,24,26). The second-order valence-electron chi connectivity index (χ2n) is 7.51. The van der Waals surface area contributed by atoms with Gasteiger partial charge in [-0.25, -0.2) is 9.78 Å². The number of rotatable bonds is 8. The van der Waals surface area contributed by atoms with Gasteiger partial charge in [0.25, 0.3) is 5.56 Å². The summed E-state index contributed by atoms with van der Waals surface area (Å²) in [4.78, 5) is 47.6. The zero-order chi connectivity index (χ0) is 22.5. The Morgan fingerprint density at radius 1 is 1.39 bits per heavy atom. The zero-order valence-electron chi connectivity index (χ0n) is 18.2. The number of anilines is 1. The highest BCUT2D eigenvalue weighted by molar-refractivity contribution is 7.99. The first kappa shape index (κ1) is 23.5. The van der Waals surface area contributed by atoms with Gasteiger partial charge in [0.15, 0.2) is 5.16 Å². The number of aromatic amines is 1. The molecule has 2 N–H and O–H groups in total. The highest BCUT2D eigenvalue weighted by Crippen LogP contribution is 2.37. The Balaban J connectivity index is 1.76. The van der Waals surface area contributed by atoms with Crippen LogP contribution in [-0.2, 0) is 22.5 Å². The molecule has 3 heterocycles. The highest BCUT2D eigenvalue weighted by atomic mass is 32.2. The van der Waals surface area contributed by atoms with Crippen molar-refractivity contribution in [2.45, 2.75) is 51.7 Å². The summed E-state index contributed by atoms with van der Waals surface area (Å²) in [6.45, 7) is 10.6. The summed E-state index contributed by atoms with van der Waals surface area (Å²) < 4.78 is 5.25. The maximum Gasteiger partial charge on any atom is 0.341 e. The maximum absolute atomic E-state index is 12.6. The fourth-order valence-electron chi connectivity index (χ4n) is 3.35. The monoisotopic (exact) mass is 464 g/mol. The number of H-pyrrole nitrogens is 1. The first-order valence-corrected chi connectivity index (χ1v) is 12.2. The third kappa shape index (κ3) is 5.75. The van der Waals surface area contributed by atoms with E-state index in [9.17, 15) is 14.4 Å². The van der Waals surface area contributed by atoms with E-state index in [2.05, 4.69) is 27.1 Å². The summed E-state index contributed by atoms with van der Waals surface area (Å²) in [5.41, 5.74) is 1.90. The van der Waals surface area contributed by atoms with Gasteiger partial charge in [0, 0.05) is 24.0 Å². The van der Waals surface area contributed by atoms with Crippen LogP contribution in [0.4, 0.5) is 5.00 Å². The summed E-state index contributed by atoms with van der Waals surface area (Å²) >= 11 is 2.60. The molecule has 0 unspecified atom stereocenters. The predicted molar refractivity (Wildman–Crippen MR) is 123 cm³/mol. The van der Waals surface area contributed by atoms with Crippen molar-refractivity contribution in [3.05, 3.63) is 38.1 Å². The molecule has 3 rings (SSSR count). The molecule has 0 bridgehead atoms. The Bertz CT molecular complexity index is 1020. The molecule has 1 amide bonds. The minimum Gasteiger partial charge on any atom is -0.462 e. The lowest BCUT2D eigenvalue weighted by molar-refractivity contribution is -0.113. The molecular weight excluding hydrogens is 436 g/mol. The molecule has 2 aromatic rings. The Kier molecular flexibility index (Phi) is 7.90. The number of esters is 1. The average Bonchev–Trinajstić information content (AvgIpc) is 3.08. The molecule has 2 aromatic heterocycles. The minimum atomic E-state index is -0.400. The van der Waals surface area contributed by atoms with Crippen molar-refractivity contribution in [3.63, 3.8) is 0 Å². The van der Waals surface area contributed by atoms with Crippen LogP contribution in [0.15, 0.2) is 16.0 Å². The third-order valence-electron chi connectivity index (χ3n) is 4.99. The molecule has 0 aliphatic carbocycles. The van der Waals surface area contributed by atoms with Crippen molar-refractivity contribution in [2.75, 3.05) is 30.8 Å². The summed E-state index contributed by atoms with van der Waals surface area (Å²) in [6.07, 6.45) is 0.756. The second kappa shape index (κ2) is 10.4. The summed E-state index contributed by atoms with van der Waals surface area (Å²) in [5.74, 6) is -0.485. The van der Waals surface area contributed by atoms with Crippen molar-refractivity contribution in [2.24, 2.45) is 0 Å². The SMILES string of the molecule is CCOC(=O)c1c(NC(=O)CSc2nc(C(C)C)cc(=O)[nH]2)sc2c1CCN(CC)C2. The number of fused-ring (bicyclic) bond motifs is 1. The van der Waals surface area contributed by atoms with Crippen LogP contribution in [0.1, 0.15) is 60.1 Å². The lowest BCUT2D eigenvalue weighted by atomic mass is 10.0. The van der Waals surface area contributed by atoms with E-state index in [-0.39, 0.29) is 29.7 Å². The minimum absolute atomic E-state index is 0.0659. The van der Waals surface area contributed by atoms with Gasteiger partial charge in [0.1, 0.15) is 5.00 Å². The molecule has 0 atom stereocenters. The zero-order valence-corrected chi connectivity index (χ0v) is 19.9. The Morgan fingerprint density at radius 3 is 2.84 bits per heavy atom. The fraction of sp³-hybridized carbons (Fsp3) is 0.524. The van der Waals surface area contributed by atoms with Crippen LogP contribution in [0.5, 0.6) is 0 Å². The second-order valence-corrected chi connectivity index (χ2v) is 9.58. The van der Waals surface area contributed by atoms with E-state index in [4.69, 9.17) is 4.74 Å². The van der Waals surface area contributed by atoms with Crippen LogP contribution in [0.2, 0.25) is 0 Å². The van der Waals surface area contributed by atoms with Gasteiger partial charge in [0.05, 0.1) is 23.6 Å². The number of carbonyl (C=O) groups is 2. The number of hydrogen-bond donors (Lipinski definition) is 2. The molecule has 10 heteroatoms. The summed E-state index contributed by atoms with van der Waals surface area (Å²) in [6, 6.07) is 1.47. The number of thiophene rings is 1. The smallest absolute Gasteiger partial charge is 0.341 e. The molecule has 0 aromatic carbocycles. The first-order chi connectivity index (χ1) is 14.8. The van der Waals surface area contributed by atoms with Crippen molar-refractivity contribution in [1.29, 1.82) is 0 Å². The van der Waals surface area contributed by atoms with Crippen molar-refractivity contribution >= 4 is 40.0 Å². The Hall–Kier alpha value is -2.17. The predicted octanol–water partition coefficient (Wildman–Crippen LogP) is 3.24. The van der Waals surface area contributed by atoms with Crippen LogP contribution in [0.3, 0.4) is 0 Å². The van der Waals surface area contributed by atoms with Crippen molar-refractivity contribution in [1.82, 2.24) is 14.9 Å². The van der Waals surface area contributed by atoms with E-state index >= 15 is 0 Å². The van der Waals surface area contributed by atoms with Gasteiger partial charge in [-0.1, -0.05) is 32.5 Å². The van der Waals surface area contributed by atoms with Crippen LogP contribution in [-0.4, -0.2) is 52.2 Å². The van der Waals surface area contributed by atoms with Crippen LogP contribution < -0.4 is 10.9 Å². The molecule has 0 spiro atoms. The van der Waals surface area contributed by atoms with Crippen LogP contribution >= 0.6 is 23.1 Å². The van der Waals surface area contributed by atoms with Gasteiger partial charge in [-0.15, -0.1) is 11.3 Å². The van der Waals surface area contributed by atoms with Crippen LogP contribution in [0, 0.1) is 0 Å². The Morgan fingerprint density at radius 2 is 2.16 bits per heavy atom. The van der Waals surface area contributed by atoms with E-state index in [0.29, 0.717) is 21.4 Å². The number of amides is 1. The van der Waals surface area contributed by atoms with Crippen molar-refractivity contribution < 1.29 is 14.3 Å². The largest absolute Gasteiger partial charge is 0.462 e. The third-order valence-corrected chi connectivity index (χ3v) is 6.99. The number of nitrogens with one attached hydrogen (secondary N) is 2. The normalized spacial score (nSPS) is 13.8. The first-order valence-electron chi connectivity index (χ1n) is 10.4. The molecule has 1 aliphatic heterocycles. The van der Waals surface area contributed by atoms with E-state index < -0.39 is 5.97 Å². The lowest BCUT2D eigenvalue weighted by Crippen LogP contribution is -2.30. The number of nitrogens with zero attached hydrogens (tertiary/aromatic N) is 2. The molecule has 31 heavy (non-hydrogen) atoms. The Labute approximate surface area is 189 Å². The highest BCUT2D eigenvalue weighted by Gasteiger charge is 2.29. The quantitative estimate of drug-likeness (QED) is 0.351. The van der Waals surface area contributed by atoms with Crippen LogP contribution in [0.25, 0.3) is 0 Å². The molecule has 0 fully saturated rings. The van der Waals surface area contributed by atoms with Gasteiger partial charge in [0.2, 0.25) is 5.91 Å². The molecule has 0 saturated heterocycles. The van der Waals surface area contributed by atoms with E-state index in [1.165, 1.54) is 17.4 Å². The summed E-state index contributed by atoms with van der Waals surface area (Å²) in [7, 11) is 0. The number of carbonyl (C=O) groups excluding carboxylic acids is 2. The van der Waals surface area contributed by atoms with E-state index in [1.807, 2.05) is 13.8 Å². The number of likely N-dealkylation sites (N-methyl/N-ethyl adjacent to an activating group) is 1. The molecule has 8 nitrogen and oxygen atoms in total. The maximum atomic E-state index is 12.6. The van der Waals surface area contributed by atoms with Gasteiger partial charge in [-0.2, -0.15) is 0 Å². The summed E-state index contributed by atoms with van der Waals surface area (Å²) in [5, 5.41) is 3.82. The number of ether oxygens (including phenoxy) is 1. The van der Waals surface area contributed by atoms with Gasteiger partial charge >= 0.3 is 5.97 Å². The number of hydrogen-bond acceptors (Lipinski definition) is 8. The van der Waals surface area contributed by atoms with Gasteiger partial charge < -0.3 is 15.0 Å². The average molecular weight is 465 g/mol. The molecule has 168 valence electrons. The molecule has 0 radical (unpaired) electrons. The number of thioether (sulfide) groups is 1. The van der Waals surface area contributed by atoms with E-state index in [1.54, 1.807) is 6.92 Å². The fourth-order valence-corrected chi connectivity index (χ4v) is 5.32. The molecule has 1 aliphatic rings.